The largest absolute Gasteiger partial charge is 0.323 e. The first kappa shape index (κ1) is 18.6. The molecule has 0 fully saturated rings. The van der Waals surface area contributed by atoms with Gasteiger partial charge in [-0.2, -0.15) is 0 Å². The summed E-state index contributed by atoms with van der Waals surface area (Å²) >= 11 is 12.5. The second-order valence-corrected chi connectivity index (χ2v) is 7.49. The van der Waals surface area contributed by atoms with Crippen molar-refractivity contribution in [1.82, 2.24) is 24.5 Å². The van der Waals surface area contributed by atoms with Crippen molar-refractivity contribution < 1.29 is 0 Å². The quantitative estimate of drug-likeness (QED) is 0.418. The third-order valence-corrected chi connectivity index (χ3v) is 5.44. The number of hydrogen-bond donors (Lipinski definition) is 2. The van der Waals surface area contributed by atoms with Gasteiger partial charge in [-0.3, -0.25) is 9.78 Å². The van der Waals surface area contributed by atoms with E-state index in [1.807, 2.05) is 25.2 Å². The van der Waals surface area contributed by atoms with E-state index >= 15 is 0 Å². The highest BCUT2D eigenvalue weighted by Gasteiger charge is 2.17. The summed E-state index contributed by atoms with van der Waals surface area (Å²) in [7, 11) is 1.81. The number of fused-ring (bicyclic) bond motifs is 3. The fraction of sp³-hybridized carbons (Fsp3) is 0.0476. The standard InChI is InChI=1S/C21H14Cl2N6O/c1-29-18-14(26-21(29)27-17-11(22)5-4-6-12(17)23)9-8-13-16(18)20(30)28-19(25-13)15-7-2-3-10-24-15/h2-10H,1H3,(H,26,27)(H,25,28,30). The average Bonchev–Trinajstić information content (AvgIpc) is 3.07. The number of hydrogen-bond acceptors (Lipinski definition) is 5. The Morgan fingerprint density at radius 2 is 1.73 bits per heavy atom. The first-order valence-electron chi connectivity index (χ1n) is 9.05. The number of H-pyrrole nitrogens is 1. The van der Waals surface area contributed by atoms with E-state index < -0.39 is 0 Å². The van der Waals surface area contributed by atoms with Crippen LogP contribution in [0.1, 0.15) is 0 Å². The van der Waals surface area contributed by atoms with E-state index in [1.54, 1.807) is 41.1 Å². The van der Waals surface area contributed by atoms with Crippen LogP contribution in [0.5, 0.6) is 0 Å². The lowest BCUT2D eigenvalue weighted by molar-refractivity contribution is 0.960. The Kier molecular flexibility index (Phi) is 4.42. The lowest BCUT2D eigenvalue weighted by atomic mass is 10.2. The van der Waals surface area contributed by atoms with Crippen molar-refractivity contribution >= 4 is 56.8 Å². The van der Waals surface area contributed by atoms with Crippen molar-refractivity contribution in [3.8, 4) is 11.5 Å². The molecule has 148 valence electrons. The number of nitrogens with zero attached hydrogens (tertiary/aromatic N) is 4. The van der Waals surface area contributed by atoms with Crippen LogP contribution in [0, 0.1) is 0 Å². The molecule has 3 heterocycles. The molecule has 0 unspecified atom stereocenters. The number of aryl methyl sites for hydroxylation is 1. The maximum atomic E-state index is 13.0. The Balaban J connectivity index is 1.70. The summed E-state index contributed by atoms with van der Waals surface area (Å²) in [6, 6.07) is 14.3. The van der Waals surface area contributed by atoms with Crippen LogP contribution in [0.4, 0.5) is 11.6 Å². The van der Waals surface area contributed by atoms with Crippen LogP contribution >= 0.6 is 23.2 Å². The zero-order valence-electron chi connectivity index (χ0n) is 15.6. The number of rotatable bonds is 3. The smallest absolute Gasteiger partial charge is 0.261 e. The number of benzene rings is 2. The van der Waals surface area contributed by atoms with Gasteiger partial charge >= 0.3 is 0 Å². The number of halogens is 2. The van der Waals surface area contributed by atoms with E-state index in [1.165, 1.54) is 0 Å². The third-order valence-electron chi connectivity index (χ3n) is 4.81. The van der Waals surface area contributed by atoms with Crippen molar-refractivity contribution in [2.75, 3.05) is 5.32 Å². The summed E-state index contributed by atoms with van der Waals surface area (Å²) in [5.74, 6) is 0.913. The molecule has 0 atom stereocenters. The van der Waals surface area contributed by atoms with Gasteiger partial charge in [0, 0.05) is 13.2 Å². The minimum Gasteiger partial charge on any atom is -0.323 e. The molecule has 30 heavy (non-hydrogen) atoms. The highest BCUT2D eigenvalue weighted by Crippen LogP contribution is 2.33. The molecular formula is C21H14Cl2N6O. The second kappa shape index (κ2) is 7.12. The topological polar surface area (TPSA) is 88.5 Å². The van der Waals surface area contributed by atoms with Gasteiger partial charge in [-0.25, -0.2) is 9.97 Å². The van der Waals surface area contributed by atoms with Crippen molar-refractivity contribution in [2.24, 2.45) is 7.05 Å². The van der Waals surface area contributed by atoms with Crippen molar-refractivity contribution in [2.45, 2.75) is 0 Å². The van der Waals surface area contributed by atoms with Crippen molar-refractivity contribution in [1.29, 1.82) is 0 Å². The maximum Gasteiger partial charge on any atom is 0.261 e. The summed E-state index contributed by atoms with van der Waals surface area (Å²) in [5, 5.41) is 4.55. The van der Waals surface area contributed by atoms with E-state index in [2.05, 4.69) is 25.3 Å². The van der Waals surface area contributed by atoms with Gasteiger partial charge in [0.2, 0.25) is 5.95 Å². The molecule has 0 radical (unpaired) electrons. The van der Waals surface area contributed by atoms with Gasteiger partial charge < -0.3 is 14.9 Å². The first-order valence-corrected chi connectivity index (χ1v) is 9.80. The Morgan fingerprint density at radius 3 is 2.47 bits per heavy atom. The second-order valence-electron chi connectivity index (χ2n) is 6.67. The molecular weight excluding hydrogens is 423 g/mol. The number of aromatic amines is 1. The monoisotopic (exact) mass is 436 g/mol. The minimum absolute atomic E-state index is 0.267. The zero-order chi connectivity index (χ0) is 20.8. The van der Waals surface area contributed by atoms with Crippen molar-refractivity contribution in [3.05, 3.63) is 75.1 Å². The molecule has 7 nitrogen and oxygen atoms in total. The zero-order valence-corrected chi connectivity index (χ0v) is 17.2. The summed E-state index contributed by atoms with van der Waals surface area (Å²) < 4.78 is 1.79. The molecule has 0 saturated heterocycles. The van der Waals surface area contributed by atoms with Gasteiger partial charge in [-0.05, 0) is 36.4 Å². The van der Waals surface area contributed by atoms with Crippen LogP contribution in [-0.4, -0.2) is 24.5 Å². The number of imidazole rings is 1. The van der Waals surface area contributed by atoms with Crippen LogP contribution in [0.2, 0.25) is 10.0 Å². The predicted molar refractivity (Wildman–Crippen MR) is 120 cm³/mol. The molecule has 0 amide bonds. The number of nitrogens with one attached hydrogen (secondary N) is 2. The Bertz CT molecular complexity index is 1460. The van der Waals surface area contributed by atoms with Gasteiger partial charge in [-0.1, -0.05) is 35.3 Å². The number of aromatic nitrogens is 5. The highest BCUT2D eigenvalue weighted by atomic mass is 35.5. The van der Waals surface area contributed by atoms with E-state index in [9.17, 15) is 4.79 Å². The van der Waals surface area contributed by atoms with E-state index in [0.717, 1.165) is 0 Å². The fourth-order valence-electron chi connectivity index (χ4n) is 3.39. The van der Waals surface area contributed by atoms with Crippen LogP contribution in [0.3, 0.4) is 0 Å². The van der Waals surface area contributed by atoms with Gasteiger partial charge in [0.05, 0.1) is 37.7 Å². The van der Waals surface area contributed by atoms with Crippen molar-refractivity contribution in [3.63, 3.8) is 0 Å². The summed E-state index contributed by atoms with van der Waals surface area (Å²) in [6.45, 7) is 0. The Labute approximate surface area is 180 Å². The lowest BCUT2D eigenvalue weighted by Crippen LogP contribution is -2.11. The number of para-hydroxylation sites is 1. The fourth-order valence-corrected chi connectivity index (χ4v) is 3.89. The highest BCUT2D eigenvalue weighted by molar-refractivity contribution is 6.39. The molecule has 5 aromatic rings. The van der Waals surface area contributed by atoms with E-state index in [-0.39, 0.29) is 5.56 Å². The summed E-state index contributed by atoms with van der Waals surface area (Å²) in [4.78, 5) is 29.3. The SMILES string of the molecule is Cn1c(Nc2c(Cl)cccc2Cl)nc2ccc3nc(-c4ccccn4)[nH]c(=O)c3c21. The van der Waals surface area contributed by atoms with Gasteiger partial charge in [-0.15, -0.1) is 0 Å². The summed E-state index contributed by atoms with van der Waals surface area (Å²) in [5.41, 5.74) is 2.73. The molecule has 0 bridgehead atoms. The van der Waals surface area contributed by atoms with Crippen LogP contribution in [0.25, 0.3) is 33.5 Å². The Hall–Kier alpha value is -3.42. The molecule has 5 rings (SSSR count). The van der Waals surface area contributed by atoms with Gasteiger partial charge in [0.15, 0.2) is 5.82 Å². The van der Waals surface area contributed by atoms with Gasteiger partial charge in [0.25, 0.3) is 5.56 Å². The van der Waals surface area contributed by atoms with Crippen LogP contribution < -0.4 is 10.9 Å². The Morgan fingerprint density at radius 1 is 0.967 bits per heavy atom. The molecule has 9 heteroatoms. The normalized spacial score (nSPS) is 11.3. The van der Waals surface area contributed by atoms with Gasteiger partial charge in [0.1, 0.15) is 5.69 Å². The van der Waals surface area contributed by atoms with E-state index in [0.29, 0.717) is 55.1 Å². The molecule has 0 saturated carbocycles. The molecule has 2 N–H and O–H groups in total. The summed E-state index contributed by atoms with van der Waals surface area (Å²) in [6.07, 6.45) is 1.65. The molecule has 3 aromatic heterocycles. The average molecular weight is 437 g/mol. The molecule has 0 aliphatic carbocycles. The molecule has 0 spiro atoms. The molecule has 2 aromatic carbocycles. The third kappa shape index (κ3) is 2.99. The van der Waals surface area contributed by atoms with Crippen LogP contribution in [0.15, 0.2) is 59.5 Å². The molecule has 0 aliphatic rings. The number of anilines is 2. The van der Waals surface area contributed by atoms with E-state index in [4.69, 9.17) is 23.2 Å². The maximum absolute atomic E-state index is 13.0. The predicted octanol–water partition coefficient (Wildman–Crippen LogP) is 4.92. The number of pyridine rings is 1. The molecule has 0 aliphatic heterocycles. The van der Waals surface area contributed by atoms with Crippen LogP contribution in [-0.2, 0) is 7.05 Å². The first-order chi connectivity index (χ1) is 14.5. The lowest BCUT2D eigenvalue weighted by Gasteiger charge is -2.10. The minimum atomic E-state index is -0.267.